The number of nitro groups is 9. The highest BCUT2D eigenvalue weighted by Crippen LogP contribution is 2.52. The molecule has 0 bridgehead atoms. The Bertz CT molecular complexity index is 2000. The molecule has 3 rings (SSSR count). The van der Waals surface area contributed by atoms with E-state index in [0.717, 1.165) is 0 Å². The molecule has 0 aliphatic carbocycles. The van der Waals surface area contributed by atoms with Crippen LogP contribution in [0.5, 0.6) is 0 Å². The molecule has 3 aromatic carbocycles. The largest absolute Gasteiger partial charge is 0.302 e. The number of hydrogen-bond acceptors (Lipinski definition) is 19. The van der Waals surface area contributed by atoms with Gasteiger partial charge in [-0.1, -0.05) is 0 Å². The Labute approximate surface area is 250 Å². The molecule has 0 atom stereocenters. The van der Waals surface area contributed by atoms with Gasteiger partial charge in [0.1, 0.15) is 0 Å². The molecule has 28 heteroatoms. The number of benzene rings is 3. The third kappa shape index (κ3) is 5.79. The van der Waals surface area contributed by atoms with Crippen molar-refractivity contribution in [3.05, 3.63) is 132 Å². The summed E-state index contributed by atoms with van der Waals surface area (Å²) in [6, 6.07) is -0.519. The molecule has 0 radical (unpaired) electrons. The summed E-state index contributed by atoms with van der Waals surface area (Å²) >= 11 is 0. The third-order valence-electron chi connectivity index (χ3n) is 5.91. The van der Waals surface area contributed by atoms with Gasteiger partial charge in [0.25, 0.3) is 45.5 Å². The van der Waals surface area contributed by atoms with Crippen LogP contribution in [-0.2, 0) is 0 Å². The summed E-state index contributed by atoms with van der Waals surface area (Å²) < 4.78 is 0. The predicted molar refractivity (Wildman–Crippen MR) is 142 cm³/mol. The number of carbonyl (C=O) groups is 1. The number of nitrogens with zero attached hydrogens (tertiary/aromatic N) is 9. The molecule has 0 saturated heterocycles. The van der Waals surface area contributed by atoms with E-state index < -0.39 is 124 Å². The summed E-state index contributed by atoms with van der Waals surface area (Å²) in [4.78, 5) is 105. The quantitative estimate of drug-likeness (QED) is 0.151. The van der Waals surface area contributed by atoms with Crippen LogP contribution in [0.1, 0.15) is 15.9 Å². The van der Waals surface area contributed by atoms with Crippen LogP contribution in [0.15, 0.2) is 30.3 Å². The van der Waals surface area contributed by atoms with Crippen molar-refractivity contribution in [3.8, 4) is 11.1 Å². The molecule has 0 unspecified atom stereocenters. The Morgan fingerprint density at radius 1 is 0.362 bits per heavy atom. The van der Waals surface area contributed by atoms with Crippen LogP contribution >= 0.6 is 0 Å². The molecule has 0 heterocycles. The van der Waals surface area contributed by atoms with Crippen molar-refractivity contribution in [2.24, 2.45) is 0 Å². The van der Waals surface area contributed by atoms with Crippen LogP contribution in [0.3, 0.4) is 0 Å². The monoisotopic (exact) mass is 663 g/mol. The van der Waals surface area contributed by atoms with Crippen molar-refractivity contribution in [1.82, 2.24) is 0 Å². The van der Waals surface area contributed by atoms with Gasteiger partial charge in [-0.05, 0) is 0 Å². The van der Waals surface area contributed by atoms with Crippen LogP contribution in [0, 0.1) is 91.0 Å². The molecule has 0 aliphatic heterocycles. The number of carbonyl (C=O) groups excluding carboxylic acids is 1. The third-order valence-corrected chi connectivity index (χ3v) is 5.91. The Morgan fingerprint density at radius 3 is 0.957 bits per heavy atom. The van der Waals surface area contributed by atoms with Gasteiger partial charge in [-0.3, -0.25) is 95.8 Å². The minimum absolute atomic E-state index is 0.0509. The lowest BCUT2D eigenvalue weighted by Crippen LogP contribution is -2.15. The zero-order valence-corrected chi connectivity index (χ0v) is 21.7. The molecule has 0 amide bonds. The van der Waals surface area contributed by atoms with E-state index in [0.29, 0.717) is 0 Å². The number of hydrogen-bond donors (Lipinski definition) is 0. The van der Waals surface area contributed by atoms with Gasteiger partial charge >= 0.3 is 5.69 Å². The first-order valence-electron chi connectivity index (χ1n) is 11.1. The highest BCUT2D eigenvalue weighted by molar-refractivity contribution is 6.20. The van der Waals surface area contributed by atoms with Gasteiger partial charge in [-0.2, -0.15) is 0 Å². The van der Waals surface area contributed by atoms with E-state index in [4.69, 9.17) is 0 Å². The maximum atomic E-state index is 13.8. The molecule has 0 fully saturated rings. The highest BCUT2D eigenvalue weighted by atomic mass is 16.7. The molecule has 0 N–H and O–H groups in total. The molecule has 0 saturated carbocycles. The van der Waals surface area contributed by atoms with E-state index in [2.05, 4.69) is 0 Å². The first-order chi connectivity index (χ1) is 21.7. The number of ketones is 1. The van der Waals surface area contributed by atoms with Crippen molar-refractivity contribution in [3.63, 3.8) is 0 Å². The van der Waals surface area contributed by atoms with Crippen LogP contribution in [0.25, 0.3) is 11.1 Å². The summed E-state index contributed by atoms with van der Waals surface area (Å²) in [5.41, 5.74) is -24.1. The highest BCUT2D eigenvalue weighted by Gasteiger charge is 2.48. The minimum atomic E-state index is -2.44. The van der Waals surface area contributed by atoms with Crippen LogP contribution in [0.4, 0.5) is 51.2 Å². The summed E-state index contributed by atoms with van der Waals surface area (Å²) in [5, 5.41) is 106. The van der Waals surface area contributed by atoms with Crippen molar-refractivity contribution >= 4 is 57.0 Å². The Morgan fingerprint density at radius 2 is 0.660 bits per heavy atom. The zero-order valence-electron chi connectivity index (χ0n) is 21.7. The van der Waals surface area contributed by atoms with Crippen molar-refractivity contribution in [2.45, 2.75) is 0 Å². The molecular weight excluding hydrogens is 658 g/mol. The minimum Gasteiger partial charge on any atom is -0.287 e. The SMILES string of the molecule is O=C(c1c([N+](=O)[O-])cc([N+](=O)[O-])cc1[N+](=O)[O-])c1c([N+](=O)[O-])cc([N+](=O)[O-])c(-c2c([N+](=O)[O-])cc([N+](=O)[O-])cc2[N+](=O)[O-])c1[N+](=O)[O-]. The lowest BCUT2D eigenvalue weighted by Gasteiger charge is -2.11. The fourth-order valence-electron chi connectivity index (χ4n) is 4.18. The molecule has 0 spiro atoms. The first-order valence-corrected chi connectivity index (χ1v) is 11.1. The Balaban J connectivity index is 2.81. The average molecular weight is 663 g/mol. The summed E-state index contributed by atoms with van der Waals surface area (Å²) in [5.74, 6) is -2.44. The van der Waals surface area contributed by atoms with E-state index in [9.17, 15) is 95.8 Å². The standard InChI is InChI=1S/C19H5N9O19/c29-19(15-10(24(38)39)3-7(21(32)33)4-11(15)25(40)41)17-13(27(44)45)5-12(26(42)43)16(18(17)28(46)47)14-8(22(34)35)1-6(20(30)31)2-9(14)23(36)37/h1-5H. The van der Waals surface area contributed by atoms with Gasteiger partial charge in [0.05, 0.1) is 74.6 Å². The summed E-state index contributed by atoms with van der Waals surface area (Å²) in [6.07, 6.45) is 0. The maximum Gasteiger partial charge on any atom is 0.302 e. The molecule has 0 aromatic heterocycles. The van der Waals surface area contributed by atoms with Gasteiger partial charge in [-0.25, -0.2) is 0 Å². The van der Waals surface area contributed by atoms with Gasteiger partial charge in [0, 0.05) is 0 Å². The Hall–Kier alpha value is -8.07. The van der Waals surface area contributed by atoms with Gasteiger partial charge in [-0.15, -0.1) is 0 Å². The number of rotatable bonds is 12. The van der Waals surface area contributed by atoms with Crippen LogP contribution in [0.2, 0.25) is 0 Å². The second kappa shape index (κ2) is 11.9. The fraction of sp³-hybridized carbons (Fsp3) is 0. The smallest absolute Gasteiger partial charge is 0.287 e. The van der Waals surface area contributed by atoms with E-state index in [1.54, 1.807) is 0 Å². The van der Waals surface area contributed by atoms with Gasteiger partial charge in [0.2, 0.25) is 5.78 Å². The normalized spacial score (nSPS) is 10.5. The molecule has 240 valence electrons. The summed E-state index contributed by atoms with van der Waals surface area (Å²) in [6.45, 7) is 0. The van der Waals surface area contributed by atoms with Gasteiger partial charge < -0.3 is 0 Å². The van der Waals surface area contributed by atoms with E-state index in [-0.39, 0.29) is 30.3 Å². The molecular formula is C19H5N9O19. The number of non-ortho nitro benzene ring substituents is 2. The van der Waals surface area contributed by atoms with Crippen molar-refractivity contribution in [1.29, 1.82) is 0 Å². The van der Waals surface area contributed by atoms with Crippen molar-refractivity contribution in [2.75, 3.05) is 0 Å². The van der Waals surface area contributed by atoms with E-state index in [1.807, 2.05) is 0 Å². The maximum absolute atomic E-state index is 13.8. The van der Waals surface area contributed by atoms with Crippen LogP contribution < -0.4 is 0 Å². The lowest BCUT2D eigenvalue weighted by atomic mass is 9.89. The second-order valence-corrected chi connectivity index (χ2v) is 8.37. The predicted octanol–water partition coefficient (Wildman–Crippen LogP) is 3.76. The molecule has 47 heavy (non-hydrogen) atoms. The number of nitro benzene ring substituents is 9. The Kier molecular flexibility index (Phi) is 8.47. The van der Waals surface area contributed by atoms with Crippen molar-refractivity contribution < 1.29 is 49.1 Å². The lowest BCUT2D eigenvalue weighted by molar-refractivity contribution is -0.405. The van der Waals surface area contributed by atoms with E-state index in [1.165, 1.54) is 0 Å². The first kappa shape index (κ1) is 33.4. The second-order valence-electron chi connectivity index (χ2n) is 8.37. The fourth-order valence-corrected chi connectivity index (χ4v) is 4.18. The zero-order chi connectivity index (χ0) is 35.8. The molecule has 3 aromatic rings. The van der Waals surface area contributed by atoms with Crippen LogP contribution in [-0.4, -0.2) is 50.1 Å². The molecule has 28 nitrogen and oxygen atoms in total. The van der Waals surface area contributed by atoms with Gasteiger partial charge in [0.15, 0.2) is 22.3 Å². The summed E-state index contributed by atoms with van der Waals surface area (Å²) in [7, 11) is 0. The molecule has 0 aliphatic rings. The van der Waals surface area contributed by atoms with E-state index >= 15 is 0 Å². The average Bonchev–Trinajstić information content (AvgIpc) is 2.97. The topological polar surface area (TPSA) is 405 Å².